The number of hydrogen-bond acceptors (Lipinski definition) is 4. The molecule has 0 saturated carbocycles. The van der Waals surface area contributed by atoms with Gasteiger partial charge in [0.1, 0.15) is 11.1 Å². The number of carbonyl (C=O) groups excluding carboxylic acids is 2. The Balaban J connectivity index is 1.49. The molecule has 2 amide bonds. The van der Waals surface area contributed by atoms with Gasteiger partial charge in [-0.3, -0.25) is 9.59 Å². The Hall–Kier alpha value is -3.62. The van der Waals surface area contributed by atoms with Gasteiger partial charge in [0.05, 0.1) is 11.1 Å². The summed E-state index contributed by atoms with van der Waals surface area (Å²) in [6, 6.07) is 12.9. The molecule has 2 heterocycles. The molecule has 1 aliphatic heterocycles. The van der Waals surface area contributed by atoms with Gasteiger partial charge in [0.15, 0.2) is 0 Å². The van der Waals surface area contributed by atoms with Crippen LogP contribution in [0.3, 0.4) is 0 Å². The highest BCUT2D eigenvalue weighted by Gasteiger charge is 2.36. The lowest BCUT2D eigenvalue weighted by atomic mass is 10.1. The fourth-order valence-electron chi connectivity index (χ4n) is 3.58. The first-order valence-corrected chi connectivity index (χ1v) is 9.53. The summed E-state index contributed by atoms with van der Waals surface area (Å²) in [5.74, 6) is -1.28. The van der Waals surface area contributed by atoms with Crippen LogP contribution in [0.4, 0.5) is 13.2 Å². The first-order chi connectivity index (χ1) is 14.8. The Labute approximate surface area is 174 Å². The van der Waals surface area contributed by atoms with Crippen LogP contribution < -0.4 is 5.63 Å². The molecule has 0 unspecified atom stereocenters. The van der Waals surface area contributed by atoms with Crippen LogP contribution in [0.25, 0.3) is 11.0 Å². The number of nitrogens with zero attached hydrogens (tertiary/aromatic N) is 2. The van der Waals surface area contributed by atoms with Gasteiger partial charge in [0, 0.05) is 31.6 Å². The van der Waals surface area contributed by atoms with Crippen molar-refractivity contribution in [2.45, 2.75) is 6.18 Å². The zero-order chi connectivity index (χ0) is 22.2. The Morgan fingerprint density at radius 3 is 2.00 bits per heavy atom. The SMILES string of the molecule is O=C(c1ccccc1C(F)(F)F)N1CCN(C(=O)c2cc3ccccc3oc2=O)CC1. The van der Waals surface area contributed by atoms with E-state index in [2.05, 4.69) is 0 Å². The summed E-state index contributed by atoms with van der Waals surface area (Å²) in [6.45, 7) is 0.279. The van der Waals surface area contributed by atoms with Gasteiger partial charge >= 0.3 is 11.8 Å². The first-order valence-electron chi connectivity index (χ1n) is 9.53. The van der Waals surface area contributed by atoms with Crippen molar-refractivity contribution in [2.24, 2.45) is 0 Å². The molecule has 1 aliphatic rings. The van der Waals surface area contributed by atoms with E-state index in [9.17, 15) is 27.6 Å². The van der Waals surface area contributed by atoms with E-state index >= 15 is 0 Å². The van der Waals surface area contributed by atoms with E-state index in [1.165, 1.54) is 28.0 Å². The third-order valence-corrected chi connectivity index (χ3v) is 5.19. The summed E-state index contributed by atoms with van der Waals surface area (Å²) in [5, 5.41) is 0.600. The third-order valence-electron chi connectivity index (χ3n) is 5.19. The zero-order valence-electron chi connectivity index (χ0n) is 16.2. The minimum absolute atomic E-state index is 0.0513. The van der Waals surface area contributed by atoms with Crippen LogP contribution in [0.15, 0.2) is 63.8 Å². The molecule has 3 aromatic rings. The minimum Gasteiger partial charge on any atom is -0.422 e. The number of rotatable bonds is 2. The van der Waals surface area contributed by atoms with Gasteiger partial charge in [0.2, 0.25) is 0 Å². The van der Waals surface area contributed by atoms with Crippen molar-refractivity contribution >= 4 is 22.8 Å². The average Bonchev–Trinajstić information content (AvgIpc) is 2.77. The molecule has 1 fully saturated rings. The largest absolute Gasteiger partial charge is 0.422 e. The molecule has 1 aromatic heterocycles. The van der Waals surface area contributed by atoms with Crippen LogP contribution in [0.5, 0.6) is 0 Å². The molecule has 1 saturated heterocycles. The molecular formula is C22H17F3N2O4. The van der Waals surface area contributed by atoms with Crippen molar-refractivity contribution in [2.75, 3.05) is 26.2 Å². The Morgan fingerprint density at radius 2 is 1.35 bits per heavy atom. The van der Waals surface area contributed by atoms with Gasteiger partial charge < -0.3 is 14.2 Å². The van der Waals surface area contributed by atoms with Crippen LogP contribution in [-0.2, 0) is 6.18 Å². The number of fused-ring (bicyclic) bond motifs is 1. The number of amides is 2. The van der Waals surface area contributed by atoms with Crippen molar-refractivity contribution in [1.29, 1.82) is 0 Å². The molecule has 6 nitrogen and oxygen atoms in total. The summed E-state index contributed by atoms with van der Waals surface area (Å²) >= 11 is 0. The van der Waals surface area contributed by atoms with Gasteiger partial charge in [-0.1, -0.05) is 30.3 Å². The highest BCUT2D eigenvalue weighted by atomic mass is 19.4. The van der Waals surface area contributed by atoms with Crippen LogP contribution in [0.2, 0.25) is 0 Å². The number of alkyl halides is 3. The number of carbonyl (C=O) groups is 2. The molecule has 0 radical (unpaired) electrons. The molecule has 2 aromatic carbocycles. The smallest absolute Gasteiger partial charge is 0.417 e. The van der Waals surface area contributed by atoms with Crippen molar-refractivity contribution in [3.05, 3.63) is 81.7 Å². The summed E-state index contributed by atoms with van der Waals surface area (Å²) in [5.41, 5.74) is -1.94. The molecular weight excluding hydrogens is 413 g/mol. The maximum atomic E-state index is 13.2. The molecule has 0 aliphatic carbocycles. The molecule has 0 bridgehead atoms. The molecule has 0 atom stereocenters. The third kappa shape index (κ3) is 4.03. The quantitative estimate of drug-likeness (QED) is 0.585. The normalized spacial score (nSPS) is 14.7. The van der Waals surface area contributed by atoms with E-state index in [0.717, 1.165) is 12.1 Å². The fraction of sp³-hybridized carbons (Fsp3) is 0.227. The second kappa shape index (κ2) is 7.90. The van der Waals surface area contributed by atoms with E-state index in [0.29, 0.717) is 11.0 Å². The molecule has 0 spiro atoms. The molecule has 0 N–H and O–H groups in total. The fourth-order valence-corrected chi connectivity index (χ4v) is 3.58. The second-order valence-corrected chi connectivity index (χ2v) is 7.11. The van der Waals surface area contributed by atoms with E-state index in [-0.39, 0.29) is 31.7 Å². The predicted octanol–water partition coefficient (Wildman–Crippen LogP) is 3.41. The van der Waals surface area contributed by atoms with Crippen molar-refractivity contribution in [3.63, 3.8) is 0 Å². The Morgan fingerprint density at radius 1 is 0.806 bits per heavy atom. The first kappa shape index (κ1) is 20.6. The van der Waals surface area contributed by atoms with Crippen LogP contribution in [0.1, 0.15) is 26.3 Å². The lowest BCUT2D eigenvalue weighted by Gasteiger charge is -2.35. The molecule has 9 heteroatoms. The van der Waals surface area contributed by atoms with Crippen molar-refractivity contribution in [1.82, 2.24) is 9.80 Å². The number of halogens is 3. The van der Waals surface area contributed by atoms with Gasteiger partial charge in [-0.2, -0.15) is 13.2 Å². The van der Waals surface area contributed by atoms with Crippen LogP contribution in [-0.4, -0.2) is 47.8 Å². The highest BCUT2D eigenvalue weighted by molar-refractivity contribution is 5.98. The topological polar surface area (TPSA) is 70.8 Å². The van der Waals surface area contributed by atoms with Gasteiger partial charge in [-0.15, -0.1) is 0 Å². The second-order valence-electron chi connectivity index (χ2n) is 7.11. The maximum absolute atomic E-state index is 13.2. The molecule has 4 rings (SSSR count). The molecule has 31 heavy (non-hydrogen) atoms. The number of piperazine rings is 1. The highest BCUT2D eigenvalue weighted by Crippen LogP contribution is 2.32. The zero-order valence-corrected chi connectivity index (χ0v) is 16.2. The monoisotopic (exact) mass is 430 g/mol. The number of para-hydroxylation sites is 1. The standard InChI is InChI=1S/C22H17F3N2O4/c23-22(24,25)17-7-3-2-6-15(17)19(28)26-9-11-27(12-10-26)20(29)16-13-14-5-1-4-8-18(14)31-21(16)30/h1-8,13H,9-12H2. The van der Waals surface area contributed by atoms with Gasteiger partial charge in [-0.25, -0.2) is 4.79 Å². The summed E-state index contributed by atoms with van der Waals surface area (Å²) in [7, 11) is 0. The van der Waals surface area contributed by atoms with E-state index in [1.807, 2.05) is 0 Å². The summed E-state index contributed by atoms with van der Waals surface area (Å²) in [4.78, 5) is 40.4. The van der Waals surface area contributed by atoms with Crippen molar-refractivity contribution < 1.29 is 27.2 Å². The summed E-state index contributed by atoms with van der Waals surface area (Å²) in [6.07, 6.45) is -4.64. The van der Waals surface area contributed by atoms with E-state index in [4.69, 9.17) is 4.42 Å². The lowest BCUT2D eigenvalue weighted by Crippen LogP contribution is -2.51. The van der Waals surface area contributed by atoms with Gasteiger partial charge in [-0.05, 0) is 24.3 Å². The molecule has 160 valence electrons. The lowest BCUT2D eigenvalue weighted by molar-refractivity contribution is -0.138. The van der Waals surface area contributed by atoms with Crippen LogP contribution >= 0.6 is 0 Å². The van der Waals surface area contributed by atoms with E-state index in [1.54, 1.807) is 24.3 Å². The van der Waals surface area contributed by atoms with Gasteiger partial charge in [0.25, 0.3) is 11.8 Å². The predicted molar refractivity (Wildman–Crippen MR) is 106 cm³/mol. The maximum Gasteiger partial charge on any atom is 0.417 e. The summed E-state index contributed by atoms with van der Waals surface area (Å²) < 4.78 is 44.8. The Bertz CT molecular complexity index is 1210. The van der Waals surface area contributed by atoms with Crippen LogP contribution in [0, 0.1) is 0 Å². The minimum atomic E-state index is -4.64. The number of hydrogen-bond donors (Lipinski definition) is 0. The number of benzene rings is 2. The van der Waals surface area contributed by atoms with Crippen molar-refractivity contribution in [3.8, 4) is 0 Å². The van der Waals surface area contributed by atoms with E-state index < -0.39 is 34.7 Å². The Kier molecular flexibility index (Phi) is 5.26. The average molecular weight is 430 g/mol.